The topological polar surface area (TPSA) is 76.1 Å². The number of nitrogens with one attached hydrogen (secondary N) is 2. The van der Waals surface area contributed by atoms with E-state index in [0.717, 1.165) is 22.4 Å². The van der Waals surface area contributed by atoms with Gasteiger partial charge < -0.3 is 15.4 Å². The van der Waals surface area contributed by atoms with Gasteiger partial charge in [0, 0.05) is 6.54 Å². The molecule has 0 saturated carbocycles. The van der Waals surface area contributed by atoms with Gasteiger partial charge in [-0.3, -0.25) is 4.79 Å². The molecule has 0 bridgehead atoms. The predicted octanol–water partition coefficient (Wildman–Crippen LogP) is 4.13. The van der Waals surface area contributed by atoms with Crippen LogP contribution in [0.3, 0.4) is 0 Å². The third-order valence-electron chi connectivity index (χ3n) is 3.02. The van der Waals surface area contributed by atoms with E-state index in [1.165, 1.54) is 23.1 Å². The second kappa shape index (κ2) is 10.2. The number of benzene rings is 1. The quantitative estimate of drug-likeness (QED) is 0.604. The zero-order valence-corrected chi connectivity index (χ0v) is 16.4. The molecule has 1 heterocycles. The van der Waals surface area contributed by atoms with Crippen molar-refractivity contribution >= 4 is 39.8 Å². The summed E-state index contributed by atoms with van der Waals surface area (Å²) in [6.45, 7) is 7.79. The number of thioether (sulfide) groups is 1. The van der Waals surface area contributed by atoms with Crippen LogP contribution in [0.4, 0.5) is 10.8 Å². The highest BCUT2D eigenvalue weighted by molar-refractivity contribution is 8.01. The fourth-order valence-electron chi connectivity index (χ4n) is 1.85. The number of para-hydroxylation sites is 2. The number of rotatable bonds is 10. The Hall–Kier alpha value is -1.80. The smallest absolute Gasteiger partial charge is 0.234 e. The maximum Gasteiger partial charge on any atom is 0.234 e. The van der Waals surface area contributed by atoms with Gasteiger partial charge in [-0.2, -0.15) is 0 Å². The summed E-state index contributed by atoms with van der Waals surface area (Å²) in [7, 11) is 0. The van der Waals surface area contributed by atoms with Crippen molar-refractivity contribution in [3.8, 4) is 5.75 Å². The maximum atomic E-state index is 12.2. The molecule has 136 valence electrons. The lowest BCUT2D eigenvalue weighted by atomic mass is 10.2. The van der Waals surface area contributed by atoms with Gasteiger partial charge in [0.05, 0.1) is 18.0 Å². The standard InChI is InChI=1S/C17H24N4O2S2/c1-4-9-23-14-8-6-5-7-13(14)19-15(22)11-24-17-21-20-16(25-17)18-10-12(2)3/h5-8,12H,4,9-11H2,1-3H3,(H,18,20)(H,19,22). The zero-order valence-electron chi connectivity index (χ0n) is 14.7. The minimum absolute atomic E-state index is 0.0931. The molecule has 0 aliphatic rings. The average molecular weight is 381 g/mol. The summed E-state index contributed by atoms with van der Waals surface area (Å²) in [4.78, 5) is 12.2. The Morgan fingerprint density at radius 3 is 2.88 bits per heavy atom. The number of ether oxygens (including phenoxy) is 1. The largest absolute Gasteiger partial charge is 0.491 e. The molecule has 1 amide bonds. The van der Waals surface area contributed by atoms with E-state index in [9.17, 15) is 4.79 Å². The molecule has 0 aliphatic heterocycles. The normalized spacial score (nSPS) is 10.7. The summed E-state index contributed by atoms with van der Waals surface area (Å²) in [5, 5.41) is 15.1. The molecule has 0 unspecified atom stereocenters. The molecular formula is C17H24N4O2S2. The maximum absolute atomic E-state index is 12.2. The van der Waals surface area contributed by atoms with Crippen LogP contribution in [0.1, 0.15) is 27.2 Å². The Bertz CT molecular complexity index is 676. The van der Waals surface area contributed by atoms with Gasteiger partial charge in [-0.15, -0.1) is 10.2 Å². The van der Waals surface area contributed by atoms with Crippen molar-refractivity contribution in [2.75, 3.05) is 29.5 Å². The molecule has 8 heteroatoms. The van der Waals surface area contributed by atoms with Gasteiger partial charge in [0.2, 0.25) is 11.0 Å². The van der Waals surface area contributed by atoms with Crippen LogP contribution in [-0.2, 0) is 4.79 Å². The molecule has 0 atom stereocenters. The van der Waals surface area contributed by atoms with E-state index < -0.39 is 0 Å². The summed E-state index contributed by atoms with van der Waals surface area (Å²) in [6, 6.07) is 7.46. The number of carbonyl (C=O) groups excluding carboxylic acids is 1. The van der Waals surface area contributed by atoms with E-state index in [4.69, 9.17) is 4.74 Å². The number of anilines is 2. The molecular weight excluding hydrogens is 356 g/mol. The highest BCUT2D eigenvalue weighted by Crippen LogP contribution is 2.27. The van der Waals surface area contributed by atoms with E-state index in [1.54, 1.807) is 0 Å². The number of amides is 1. The summed E-state index contributed by atoms with van der Waals surface area (Å²) < 4.78 is 6.42. The molecule has 0 saturated heterocycles. The van der Waals surface area contributed by atoms with Crippen LogP contribution in [0.5, 0.6) is 5.75 Å². The van der Waals surface area contributed by atoms with Crippen molar-refractivity contribution in [2.24, 2.45) is 5.92 Å². The number of hydrogen-bond donors (Lipinski definition) is 2. The van der Waals surface area contributed by atoms with Gasteiger partial charge in [-0.25, -0.2) is 0 Å². The van der Waals surface area contributed by atoms with Crippen LogP contribution < -0.4 is 15.4 Å². The van der Waals surface area contributed by atoms with Gasteiger partial charge in [0.15, 0.2) is 4.34 Å². The van der Waals surface area contributed by atoms with E-state index >= 15 is 0 Å². The molecule has 0 spiro atoms. The van der Waals surface area contributed by atoms with Crippen LogP contribution in [0.15, 0.2) is 28.6 Å². The van der Waals surface area contributed by atoms with Crippen molar-refractivity contribution in [1.29, 1.82) is 0 Å². The Kier molecular flexibility index (Phi) is 8.00. The Morgan fingerprint density at radius 2 is 2.12 bits per heavy atom. The van der Waals surface area contributed by atoms with Crippen LogP contribution in [0, 0.1) is 5.92 Å². The molecule has 25 heavy (non-hydrogen) atoms. The first-order valence-corrected chi connectivity index (χ1v) is 10.1. The summed E-state index contributed by atoms with van der Waals surface area (Å²) >= 11 is 2.84. The second-order valence-corrected chi connectivity index (χ2v) is 8.03. The van der Waals surface area contributed by atoms with Gasteiger partial charge >= 0.3 is 0 Å². The SMILES string of the molecule is CCCOc1ccccc1NC(=O)CSc1nnc(NCC(C)C)s1. The molecule has 1 aromatic heterocycles. The van der Waals surface area contributed by atoms with E-state index in [2.05, 4.69) is 34.7 Å². The number of hydrogen-bond acceptors (Lipinski definition) is 7. The van der Waals surface area contributed by atoms with Crippen molar-refractivity contribution in [2.45, 2.75) is 31.5 Å². The monoisotopic (exact) mass is 380 g/mol. The van der Waals surface area contributed by atoms with Gasteiger partial charge in [-0.05, 0) is 24.5 Å². The first kappa shape index (κ1) is 19.5. The summed E-state index contributed by atoms with van der Waals surface area (Å²) in [6.07, 6.45) is 0.919. The minimum atomic E-state index is -0.0931. The highest BCUT2D eigenvalue weighted by atomic mass is 32.2. The van der Waals surface area contributed by atoms with Crippen LogP contribution in [0.25, 0.3) is 0 Å². The number of carbonyl (C=O) groups is 1. The Balaban J connectivity index is 1.83. The second-order valence-electron chi connectivity index (χ2n) is 5.83. The molecule has 6 nitrogen and oxygen atoms in total. The molecule has 0 radical (unpaired) electrons. The molecule has 0 aliphatic carbocycles. The minimum Gasteiger partial charge on any atom is -0.491 e. The summed E-state index contributed by atoms with van der Waals surface area (Å²) in [5.74, 6) is 1.42. The summed E-state index contributed by atoms with van der Waals surface area (Å²) in [5.41, 5.74) is 0.693. The molecule has 2 N–H and O–H groups in total. The van der Waals surface area contributed by atoms with Crippen LogP contribution in [-0.4, -0.2) is 35.0 Å². The van der Waals surface area contributed by atoms with Crippen molar-refractivity contribution in [3.63, 3.8) is 0 Å². The molecule has 1 aromatic carbocycles. The van der Waals surface area contributed by atoms with Crippen molar-refractivity contribution in [3.05, 3.63) is 24.3 Å². The van der Waals surface area contributed by atoms with Crippen LogP contribution in [0.2, 0.25) is 0 Å². The predicted molar refractivity (Wildman–Crippen MR) is 105 cm³/mol. The third kappa shape index (κ3) is 6.91. The zero-order chi connectivity index (χ0) is 18.1. The van der Waals surface area contributed by atoms with E-state index in [0.29, 0.717) is 24.0 Å². The fraction of sp³-hybridized carbons (Fsp3) is 0.471. The molecule has 2 aromatic rings. The van der Waals surface area contributed by atoms with Crippen LogP contribution >= 0.6 is 23.1 Å². The third-order valence-corrected chi connectivity index (χ3v) is 5.03. The van der Waals surface area contributed by atoms with Crippen molar-refractivity contribution in [1.82, 2.24) is 10.2 Å². The van der Waals surface area contributed by atoms with E-state index in [1.807, 2.05) is 31.2 Å². The fourth-order valence-corrected chi connectivity index (χ4v) is 3.41. The van der Waals surface area contributed by atoms with Crippen molar-refractivity contribution < 1.29 is 9.53 Å². The lowest BCUT2D eigenvalue weighted by Crippen LogP contribution is -2.15. The Labute approximate surface area is 156 Å². The average Bonchev–Trinajstić information content (AvgIpc) is 3.05. The molecule has 0 fully saturated rings. The molecule has 2 rings (SSSR count). The first-order chi connectivity index (χ1) is 12.1. The highest BCUT2D eigenvalue weighted by Gasteiger charge is 2.11. The number of aromatic nitrogens is 2. The first-order valence-electron chi connectivity index (χ1n) is 8.30. The van der Waals surface area contributed by atoms with Gasteiger partial charge in [0.25, 0.3) is 0 Å². The Morgan fingerprint density at radius 1 is 1.32 bits per heavy atom. The lowest BCUT2D eigenvalue weighted by Gasteiger charge is -2.11. The van der Waals surface area contributed by atoms with E-state index in [-0.39, 0.29) is 11.7 Å². The number of nitrogens with zero attached hydrogens (tertiary/aromatic N) is 2. The lowest BCUT2D eigenvalue weighted by molar-refractivity contribution is -0.113. The van der Waals surface area contributed by atoms with Gasteiger partial charge in [0.1, 0.15) is 5.75 Å². The van der Waals surface area contributed by atoms with Gasteiger partial charge in [-0.1, -0.05) is 56.0 Å².